The molecular formula is C14H27N3. The van der Waals surface area contributed by atoms with E-state index in [0.717, 1.165) is 5.82 Å². The van der Waals surface area contributed by atoms with Crippen LogP contribution in [0, 0.1) is 0 Å². The van der Waals surface area contributed by atoms with Crippen molar-refractivity contribution in [2.24, 2.45) is 0 Å². The van der Waals surface area contributed by atoms with Crippen molar-refractivity contribution in [3.63, 3.8) is 0 Å². The molecular weight excluding hydrogens is 210 g/mol. The van der Waals surface area contributed by atoms with Gasteiger partial charge in [0, 0.05) is 18.3 Å². The molecule has 0 amide bonds. The quantitative estimate of drug-likeness (QED) is 0.524. The van der Waals surface area contributed by atoms with E-state index in [1.54, 1.807) is 10.9 Å². The van der Waals surface area contributed by atoms with Gasteiger partial charge in [-0.1, -0.05) is 58.8 Å². The van der Waals surface area contributed by atoms with Gasteiger partial charge in [0.1, 0.15) is 5.82 Å². The van der Waals surface area contributed by atoms with E-state index in [-0.39, 0.29) is 0 Å². The van der Waals surface area contributed by atoms with E-state index in [1.807, 2.05) is 6.20 Å². The van der Waals surface area contributed by atoms with Crippen molar-refractivity contribution in [1.82, 2.24) is 9.66 Å². The van der Waals surface area contributed by atoms with Gasteiger partial charge in [-0.05, 0) is 6.42 Å². The molecule has 1 rings (SSSR count). The first kappa shape index (κ1) is 14.1. The Labute approximate surface area is 105 Å². The summed E-state index contributed by atoms with van der Waals surface area (Å²) in [6.45, 7) is 4.47. The summed E-state index contributed by atoms with van der Waals surface area (Å²) >= 11 is 0. The predicted molar refractivity (Wildman–Crippen MR) is 73.4 cm³/mol. The molecule has 0 radical (unpaired) electrons. The van der Waals surface area contributed by atoms with Gasteiger partial charge in [-0.2, -0.15) is 0 Å². The zero-order chi connectivity index (χ0) is 12.5. The molecule has 1 unspecified atom stereocenters. The third-order valence-electron chi connectivity index (χ3n) is 3.38. The number of nitrogen functional groups attached to an aromatic ring is 1. The molecule has 0 aromatic carbocycles. The number of aromatic nitrogens is 2. The molecule has 1 aromatic rings. The largest absolute Gasteiger partial charge is 0.338 e. The lowest BCUT2D eigenvalue weighted by Gasteiger charge is -2.10. The van der Waals surface area contributed by atoms with Gasteiger partial charge in [-0.3, -0.25) is 4.68 Å². The van der Waals surface area contributed by atoms with Crippen LogP contribution in [0.5, 0.6) is 0 Å². The second-order valence-corrected chi connectivity index (χ2v) is 5.00. The summed E-state index contributed by atoms with van der Waals surface area (Å²) in [6.07, 6.45) is 14.3. The fourth-order valence-electron chi connectivity index (χ4n) is 2.24. The number of hydrogen-bond donors (Lipinski definition) is 1. The Balaban J connectivity index is 2.05. The van der Waals surface area contributed by atoms with Gasteiger partial charge >= 0.3 is 0 Å². The number of nitrogens with zero attached hydrogens (tertiary/aromatic N) is 2. The van der Waals surface area contributed by atoms with Gasteiger partial charge in [-0.15, -0.1) is 0 Å². The molecule has 3 heteroatoms. The van der Waals surface area contributed by atoms with E-state index in [2.05, 4.69) is 18.8 Å². The molecule has 0 spiro atoms. The lowest BCUT2D eigenvalue weighted by Crippen LogP contribution is -2.13. The lowest BCUT2D eigenvalue weighted by atomic mass is 10.0. The predicted octanol–water partition coefficient (Wildman–Crippen LogP) is 3.84. The summed E-state index contributed by atoms with van der Waals surface area (Å²) in [4.78, 5) is 4.29. The Morgan fingerprint density at radius 2 is 1.82 bits per heavy atom. The minimum Gasteiger partial charge on any atom is -0.338 e. The van der Waals surface area contributed by atoms with Crippen LogP contribution in [0.1, 0.15) is 77.0 Å². The summed E-state index contributed by atoms with van der Waals surface area (Å²) in [5, 5.41) is 0. The van der Waals surface area contributed by atoms with Crippen molar-refractivity contribution in [1.29, 1.82) is 0 Å². The van der Waals surface area contributed by atoms with Crippen LogP contribution in [0.4, 0.5) is 0 Å². The van der Waals surface area contributed by atoms with Crippen LogP contribution in [0.15, 0.2) is 12.4 Å². The summed E-state index contributed by atoms with van der Waals surface area (Å²) in [7, 11) is 0. The molecule has 17 heavy (non-hydrogen) atoms. The average Bonchev–Trinajstić information content (AvgIpc) is 2.74. The number of unbranched alkanes of at least 4 members (excludes halogenated alkanes) is 6. The molecule has 0 aliphatic carbocycles. The maximum atomic E-state index is 5.78. The Hall–Kier alpha value is -0.990. The number of imidazole rings is 1. The fraction of sp³-hybridized carbons (Fsp3) is 0.786. The Morgan fingerprint density at radius 3 is 2.41 bits per heavy atom. The minimum absolute atomic E-state index is 0.477. The maximum absolute atomic E-state index is 5.78. The van der Waals surface area contributed by atoms with Crippen LogP contribution >= 0.6 is 0 Å². The molecule has 0 bridgehead atoms. The van der Waals surface area contributed by atoms with Crippen molar-refractivity contribution in [3.8, 4) is 0 Å². The van der Waals surface area contributed by atoms with E-state index in [0.29, 0.717) is 5.92 Å². The lowest BCUT2D eigenvalue weighted by molar-refractivity contribution is 0.534. The van der Waals surface area contributed by atoms with Crippen LogP contribution in [-0.4, -0.2) is 9.66 Å². The zero-order valence-corrected chi connectivity index (χ0v) is 11.4. The van der Waals surface area contributed by atoms with Crippen LogP contribution in [0.25, 0.3) is 0 Å². The molecule has 0 saturated carbocycles. The number of rotatable bonds is 9. The molecule has 1 heterocycles. The molecule has 0 fully saturated rings. The molecule has 1 aromatic heterocycles. The summed E-state index contributed by atoms with van der Waals surface area (Å²) in [6, 6.07) is 0. The first-order valence-electron chi connectivity index (χ1n) is 7.04. The normalized spacial score (nSPS) is 12.8. The third kappa shape index (κ3) is 5.24. The standard InChI is InChI=1S/C14H27N3/c1-3-4-5-6-7-8-9-10-13(2)14-16-11-12-17(14)15/h11-13H,3-10,15H2,1-2H3. The Kier molecular flexibility index (Phi) is 6.75. The van der Waals surface area contributed by atoms with Gasteiger partial charge in [0.15, 0.2) is 0 Å². The van der Waals surface area contributed by atoms with E-state index in [1.165, 1.54) is 51.4 Å². The highest BCUT2D eigenvalue weighted by Crippen LogP contribution is 2.19. The van der Waals surface area contributed by atoms with Gasteiger partial charge in [-0.25, -0.2) is 4.98 Å². The third-order valence-corrected chi connectivity index (χ3v) is 3.38. The zero-order valence-electron chi connectivity index (χ0n) is 11.4. The van der Waals surface area contributed by atoms with Crippen molar-refractivity contribution in [2.45, 2.75) is 71.1 Å². The van der Waals surface area contributed by atoms with E-state index >= 15 is 0 Å². The second-order valence-electron chi connectivity index (χ2n) is 5.00. The highest BCUT2D eigenvalue weighted by atomic mass is 15.3. The summed E-state index contributed by atoms with van der Waals surface area (Å²) in [5.41, 5.74) is 0. The molecule has 0 saturated heterocycles. The van der Waals surface area contributed by atoms with Gasteiger partial charge in [0.25, 0.3) is 0 Å². The Bertz CT molecular complexity index is 293. The summed E-state index contributed by atoms with van der Waals surface area (Å²) in [5.74, 6) is 7.27. The number of hydrogen-bond acceptors (Lipinski definition) is 2. The second kappa shape index (κ2) is 8.15. The highest BCUT2D eigenvalue weighted by Gasteiger charge is 2.09. The molecule has 3 nitrogen and oxygen atoms in total. The molecule has 2 N–H and O–H groups in total. The van der Waals surface area contributed by atoms with E-state index in [9.17, 15) is 0 Å². The first-order chi connectivity index (χ1) is 8.25. The van der Waals surface area contributed by atoms with Crippen LogP contribution in [0.2, 0.25) is 0 Å². The van der Waals surface area contributed by atoms with Crippen LogP contribution < -0.4 is 5.84 Å². The van der Waals surface area contributed by atoms with Crippen molar-refractivity contribution < 1.29 is 0 Å². The van der Waals surface area contributed by atoms with Crippen molar-refractivity contribution in [2.75, 3.05) is 5.84 Å². The minimum atomic E-state index is 0.477. The topological polar surface area (TPSA) is 43.8 Å². The van der Waals surface area contributed by atoms with Crippen LogP contribution in [0.3, 0.4) is 0 Å². The molecule has 0 aliphatic heterocycles. The highest BCUT2D eigenvalue weighted by molar-refractivity contribution is 4.98. The van der Waals surface area contributed by atoms with Gasteiger partial charge in [0.05, 0.1) is 0 Å². The molecule has 1 atom stereocenters. The SMILES string of the molecule is CCCCCCCCCC(C)c1nccn1N. The summed E-state index contributed by atoms with van der Waals surface area (Å²) < 4.78 is 1.64. The number of nitrogens with two attached hydrogens (primary N) is 1. The average molecular weight is 237 g/mol. The Morgan fingerprint density at radius 1 is 1.18 bits per heavy atom. The molecule has 0 aliphatic rings. The van der Waals surface area contributed by atoms with E-state index in [4.69, 9.17) is 5.84 Å². The first-order valence-corrected chi connectivity index (χ1v) is 7.04. The van der Waals surface area contributed by atoms with E-state index < -0.39 is 0 Å². The monoisotopic (exact) mass is 237 g/mol. The van der Waals surface area contributed by atoms with Crippen LogP contribution in [-0.2, 0) is 0 Å². The van der Waals surface area contributed by atoms with Gasteiger partial charge < -0.3 is 5.84 Å². The molecule has 98 valence electrons. The maximum Gasteiger partial charge on any atom is 0.129 e. The fourth-order valence-corrected chi connectivity index (χ4v) is 2.24. The van der Waals surface area contributed by atoms with Crippen molar-refractivity contribution in [3.05, 3.63) is 18.2 Å². The van der Waals surface area contributed by atoms with Gasteiger partial charge in [0.2, 0.25) is 0 Å². The smallest absolute Gasteiger partial charge is 0.129 e. The van der Waals surface area contributed by atoms with Crippen molar-refractivity contribution >= 4 is 0 Å².